The molecule has 0 saturated carbocycles. The van der Waals surface area contributed by atoms with Crippen LogP contribution in [0.15, 0.2) is 35.5 Å². The number of nitrogens with zero attached hydrogens (tertiary/aromatic N) is 2. The van der Waals surface area contributed by atoms with E-state index < -0.39 is 0 Å². The first-order valence-corrected chi connectivity index (χ1v) is 7.06. The minimum absolute atomic E-state index is 0.381. The first kappa shape index (κ1) is 12.9. The molecule has 104 valence electrons. The molecule has 0 N–H and O–H groups in total. The van der Waals surface area contributed by atoms with Gasteiger partial charge in [0.15, 0.2) is 0 Å². The fraction of sp³-hybridized carbons (Fsp3) is 0.600. The van der Waals surface area contributed by atoms with Gasteiger partial charge in [-0.3, -0.25) is 9.80 Å². The maximum absolute atomic E-state index is 5.79. The van der Waals surface area contributed by atoms with Crippen LogP contribution in [0.2, 0.25) is 0 Å². The molecular formula is C15H22N2O2. The van der Waals surface area contributed by atoms with E-state index in [2.05, 4.69) is 22.4 Å². The molecule has 0 amide bonds. The molecule has 4 heteroatoms. The Hall–Kier alpha value is -1.10. The van der Waals surface area contributed by atoms with Gasteiger partial charge in [-0.2, -0.15) is 0 Å². The van der Waals surface area contributed by atoms with Crippen molar-refractivity contribution in [2.24, 2.45) is 0 Å². The third-order valence-electron chi connectivity index (χ3n) is 4.07. The molecule has 3 heterocycles. The van der Waals surface area contributed by atoms with Gasteiger partial charge in [0.05, 0.1) is 25.5 Å². The van der Waals surface area contributed by atoms with E-state index in [1.807, 2.05) is 12.1 Å². The summed E-state index contributed by atoms with van der Waals surface area (Å²) < 4.78 is 11.2. The molecule has 19 heavy (non-hydrogen) atoms. The van der Waals surface area contributed by atoms with Crippen molar-refractivity contribution in [3.63, 3.8) is 0 Å². The minimum atomic E-state index is 0.381. The quantitative estimate of drug-likeness (QED) is 0.756. The van der Waals surface area contributed by atoms with Gasteiger partial charge in [0.1, 0.15) is 5.76 Å². The predicted molar refractivity (Wildman–Crippen MR) is 73.9 cm³/mol. The molecule has 3 rings (SSSR count). The number of fused-ring (bicyclic) bond motifs is 1. The number of rotatable bonds is 5. The van der Waals surface area contributed by atoms with E-state index in [0.717, 1.165) is 44.9 Å². The summed E-state index contributed by atoms with van der Waals surface area (Å²) in [5, 5.41) is 0. The van der Waals surface area contributed by atoms with Crippen LogP contribution in [0.3, 0.4) is 0 Å². The average Bonchev–Trinajstić information content (AvgIpc) is 3.04. The van der Waals surface area contributed by atoms with E-state index >= 15 is 0 Å². The van der Waals surface area contributed by atoms with Gasteiger partial charge in [-0.25, -0.2) is 0 Å². The lowest BCUT2D eigenvalue weighted by Crippen LogP contribution is -2.49. The van der Waals surface area contributed by atoms with Crippen molar-refractivity contribution in [1.29, 1.82) is 0 Å². The highest BCUT2D eigenvalue weighted by atomic mass is 16.5. The summed E-state index contributed by atoms with van der Waals surface area (Å²) in [6.45, 7) is 9.75. The van der Waals surface area contributed by atoms with Crippen molar-refractivity contribution in [3.05, 3.63) is 36.8 Å². The van der Waals surface area contributed by atoms with Gasteiger partial charge in [0, 0.05) is 32.2 Å². The summed E-state index contributed by atoms with van der Waals surface area (Å²) in [5.41, 5.74) is 0. The van der Waals surface area contributed by atoms with Crippen LogP contribution in [0.5, 0.6) is 0 Å². The summed E-state index contributed by atoms with van der Waals surface area (Å²) >= 11 is 0. The van der Waals surface area contributed by atoms with E-state index in [0.29, 0.717) is 18.8 Å². The highest BCUT2D eigenvalue weighted by molar-refractivity contribution is 5.00. The summed E-state index contributed by atoms with van der Waals surface area (Å²) in [5.74, 6) is 1.06. The molecule has 2 aliphatic rings. The second-order valence-electron chi connectivity index (χ2n) is 5.44. The van der Waals surface area contributed by atoms with Crippen molar-refractivity contribution in [3.8, 4) is 0 Å². The summed E-state index contributed by atoms with van der Waals surface area (Å²) in [4.78, 5) is 5.04. The lowest BCUT2D eigenvalue weighted by molar-refractivity contribution is 0.0748. The fourth-order valence-electron chi connectivity index (χ4n) is 3.15. The van der Waals surface area contributed by atoms with E-state index in [9.17, 15) is 0 Å². The Bertz CT molecular complexity index is 404. The molecule has 2 aliphatic heterocycles. The molecule has 0 aliphatic carbocycles. The Morgan fingerprint density at radius 3 is 3.16 bits per heavy atom. The van der Waals surface area contributed by atoms with Gasteiger partial charge in [0.2, 0.25) is 0 Å². The monoisotopic (exact) mass is 262 g/mol. The maximum atomic E-state index is 5.79. The first-order chi connectivity index (χ1) is 9.35. The van der Waals surface area contributed by atoms with Crippen LogP contribution in [0.1, 0.15) is 12.2 Å². The zero-order chi connectivity index (χ0) is 13.1. The largest absolute Gasteiger partial charge is 0.468 e. The van der Waals surface area contributed by atoms with Crippen LogP contribution in [-0.2, 0) is 11.3 Å². The van der Waals surface area contributed by atoms with E-state index in [1.54, 1.807) is 6.26 Å². The highest BCUT2D eigenvalue weighted by Crippen LogP contribution is 2.24. The lowest BCUT2D eigenvalue weighted by atomic mass is 10.1. The standard InChI is InChI=1S/C15H22N2O2/c1-2-7-18-15-9-13-10-16(5-6-17(13)12-15)11-14-4-3-8-19-14/h2-4,8,13,15H,1,5-7,9-12H2/t13-,15-/m1/s1. The third-order valence-corrected chi connectivity index (χ3v) is 4.07. The molecule has 4 nitrogen and oxygen atoms in total. The fourth-order valence-corrected chi connectivity index (χ4v) is 3.15. The third kappa shape index (κ3) is 3.08. The molecule has 2 atom stereocenters. The van der Waals surface area contributed by atoms with E-state index in [-0.39, 0.29) is 0 Å². The molecule has 0 unspecified atom stereocenters. The van der Waals surface area contributed by atoms with Gasteiger partial charge in [-0.15, -0.1) is 6.58 Å². The van der Waals surface area contributed by atoms with Crippen LogP contribution >= 0.6 is 0 Å². The second kappa shape index (κ2) is 5.90. The molecule has 0 aromatic carbocycles. The zero-order valence-electron chi connectivity index (χ0n) is 11.3. The summed E-state index contributed by atoms with van der Waals surface area (Å²) in [6, 6.07) is 4.65. The average molecular weight is 262 g/mol. The van der Waals surface area contributed by atoms with Gasteiger partial charge in [-0.05, 0) is 18.6 Å². The first-order valence-electron chi connectivity index (χ1n) is 7.06. The van der Waals surface area contributed by atoms with Crippen molar-refractivity contribution in [2.45, 2.75) is 25.1 Å². The van der Waals surface area contributed by atoms with Crippen LogP contribution in [0, 0.1) is 0 Å². The zero-order valence-corrected chi connectivity index (χ0v) is 11.3. The molecule has 2 fully saturated rings. The molecule has 1 aromatic rings. The minimum Gasteiger partial charge on any atom is -0.468 e. The SMILES string of the molecule is C=CCO[C@@H]1C[C@@H]2CN(Cc3ccco3)CCN2C1. The molecule has 0 spiro atoms. The van der Waals surface area contributed by atoms with Gasteiger partial charge < -0.3 is 9.15 Å². The van der Waals surface area contributed by atoms with Gasteiger partial charge in [-0.1, -0.05) is 6.08 Å². The Morgan fingerprint density at radius 1 is 1.42 bits per heavy atom. The number of furan rings is 1. The van der Waals surface area contributed by atoms with Crippen LogP contribution in [0.25, 0.3) is 0 Å². The summed E-state index contributed by atoms with van der Waals surface area (Å²) in [6.07, 6.45) is 5.11. The van der Waals surface area contributed by atoms with E-state index in [4.69, 9.17) is 9.15 Å². The molecular weight excluding hydrogens is 240 g/mol. The number of hydrogen-bond donors (Lipinski definition) is 0. The number of hydrogen-bond acceptors (Lipinski definition) is 4. The molecule has 0 bridgehead atoms. The van der Waals surface area contributed by atoms with Crippen molar-refractivity contribution in [1.82, 2.24) is 9.80 Å². The maximum Gasteiger partial charge on any atom is 0.117 e. The van der Waals surface area contributed by atoms with E-state index in [1.165, 1.54) is 0 Å². The number of ether oxygens (including phenoxy) is 1. The Morgan fingerprint density at radius 2 is 2.37 bits per heavy atom. The number of piperazine rings is 1. The smallest absolute Gasteiger partial charge is 0.117 e. The van der Waals surface area contributed by atoms with Crippen molar-refractivity contribution < 1.29 is 9.15 Å². The van der Waals surface area contributed by atoms with Crippen LogP contribution < -0.4 is 0 Å². The van der Waals surface area contributed by atoms with Gasteiger partial charge >= 0.3 is 0 Å². The Kier molecular flexibility index (Phi) is 4.01. The topological polar surface area (TPSA) is 28.9 Å². The molecule has 0 radical (unpaired) electrons. The van der Waals surface area contributed by atoms with Crippen molar-refractivity contribution >= 4 is 0 Å². The normalized spacial score (nSPS) is 28.4. The Balaban J connectivity index is 1.51. The van der Waals surface area contributed by atoms with Gasteiger partial charge in [0.25, 0.3) is 0 Å². The Labute approximate surface area is 114 Å². The molecule has 1 aromatic heterocycles. The van der Waals surface area contributed by atoms with Crippen LogP contribution in [0.4, 0.5) is 0 Å². The second-order valence-corrected chi connectivity index (χ2v) is 5.44. The molecule has 2 saturated heterocycles. The van der Waals surface area contributed by atoms with Crippen molar-refractivity contribution in [2.75, 3.05) is 32.8 Å². The lowest BCUT2D eigenvalue weighted by Gasteiger charge is -2.36. The van der Waals surface area contributed by atoms with Crippen LogP contribution in [-0.4, -0.2) is 54.7 Å². The summed E-state index contributed by atoms with van der Waals surface area (Å²) in [7, 11) is 0. The highest BCUT2D eigenvalue weighted by Gasteiger charge is 2.36. The predicted octanol–water partition coefficient (Wildman–Crippen LogP) is 1.74.